The van der Waals surface area contributed by atoms with Crippen molar-refractivity contribution in [3.8, 4) is 11.1 Å². The molecule has 0 aromatic heterocycles. The van der Waals surface area contributed by atoms with Crippen LogP contribution in [-0.2, 0) is 10.0 Å². The monoisotopic (exact) mass is 415 g/mol. The first-order valence-corrected chi connectivity index (χ1v) is 9.87. The van der Waals surface area contributed by atoms with Gasteiger partial charge in [0.2, 0.25) is 10.0 Å². The van der Waals surface area contributed by atoms with E-state index < -0.39 is 10.0 Å². The summed E-state index contributed by atoms with van der Waals surface area (Å²) >= 11 is 3.20. The fourth-order valence-corrected chi connectivity index (χ4v) is 3.65. The molecule has 0 aliphatic carbocycles. The Balaban J connectivity index is 2.08. The van der Waals surface area contributed by atoms with Crippen molar-refractivity contribution in [2.24, 2.45) is 0 Å². The van der Waals surface area contributed by atoms with E-state index >= 15 is 0 Å². The number of nitrogens with one attached hydrogen (secondary N) is 1. The van der Waals surface area contributed by atoms with E-state index in [1.807, 2.05) is 0 Å². The summed E-state index contributed by atoms with van der Waals surface area (Å²) in [6, 6.07) is 10.9. The lowest BCUT2D eigenvalue weighted by Gasteiger charge is -2.08. The molecule has 24 heavy (non-hydrogen) atoms. The Morgan fingerprint density at radius 3 is 2.38 bits per heavy atom. The molecule has 0 bridgehead atoms. The highest BCUT2D eigenvalue weighted by atomic mass is 79.9. The highest BCUT2D eigenvalue weighted by Gasteiger charge is 2.14. The third-order valence-corrected chi connectivity index (χ3v) is 5.50. The average Bonchev–Trinajstić information content (AvgIpc) is 2.55. The van der Waals surface area contributed by atoms with Gasteiger partial charge in [0.25, 0.3) is 0 Å². The van der Waals surface area contributed by atoms with Crippen LogP contribution in [0.4, 0.5) is 4.39 Å². The van der Waals surface area contributed by atoms with Crippen molar-refractivity contribution in [3.63, 3.8) is 0 Å². The molecule has 2 aromatic carbocycles. The first kappa shape index (κ1) is 19.1. The summed E-state index contributed by atoms with van der Waals surface area (Å²) in [6.07, 6.45) is 2.10. The molecule has 0 aliphatic heterocycles. The maximum atomic E-state index is 14.0. The second-order valence-electron chi connectivity index (χ2n) is 5.33. The van der Waals surface area contributed by atoms with Gasteiger partial charge in [-0.3, -0.25) is 0 Å². The standard InChI is InChI=1S/C17H19BrFNO3S/c18-14-6-9-16(17(19)12-14)13-4-7-15(8-5-13)24(22,23)20-10-2-1-3-11-21/h4-9,12,20-21H,1-3,10-11H2. The number of sulfonamides is 1. The summed E-state index contributed by atoms with van der Waals surface area (Å²) in [5, 5.41) is 8.69. The van der Waals surface area contributed by atoms with E-state index in [1.54, 1.807) is 24.3 Å². The minimum atomic E-state index is -3.58. The number of aliphatic hydroxyl groups is 1. The topological polar surface area (TPSA) is 66.4 Å². The van der Waals surface area contributed by atoms with E-state index in [0.29, 0.717) is 35.0 Å². The van der Waals surface area contributed by atoms with Gasteiger partial charge in [-0.05, 0) is 49.1 Å². The number of unbranched alkanes of at least 4 members (excludes halogenated alkanes) is 2. The van der Waals surface area contributed by atoms with Crippen LogP contribution in [0, 0.1) is 5.82 Å². The fraction of sp³-hybridized carbons (Fsp3) is 0.294. The molecule has 0 fully saturated rings. The second-order valence-corrected chi connectivity index (χ2v) is 8.01. The molecule has 2 rings (SSSR count). The number of rotatable bonds is 8. The Kier molecular flexibility index (Phi) is 6.91. The molecule has 0 saturated heterocycles. The normalized spacial score (nSPS) is 11.6. The van der Waals surface area contributed by atoms with Crippen molar-refractivity contribution < 1.29 is 17.9 Å². The Hall–Kier alpha value is -1.28. The Labute approximate surface area is 149 Å². The van der Waals surface area contributed by atoms with Crippen LogP contribution < -0.4 is 4.72 Å². The van der Waals surface area contributed by atoms with Crippen molar-refractivity contribution >= 4 is 26.0 Å². The summed E-state index contributed by atoms with van der Waals surface area (Å²) in [5.74, 6) is -0.373. The van der Waals surface area contributed by atoms with Crippen LogP contribution in [0.25, 0.3) is 11.1 Å². The molecule has 0 heterocycles. The van der Waals surface area contributed by atoms with Crippen LogP contribution >= 0.6 is 15.9 Å². The Morgan fingerprint density at radius 1 is 1.04 bits per heavy atom. The van der Waals surface area contributed by atoms with Crippen LogP contribution in [0.5, 0.6) is 0 Å². The molecule has 2 N–H and O–H groups in total. The smallest absolute Gasteiger partial charge is 0.240 e. The lowest BCUT2D eigenvalue weighted by atomic mass is 10.1. The molecule has 0 aliphatic rings. The second kappa shape index (κ2) is 8.71. The van der Waals surface area contributed by atoms with Crippen LogP contribution in [0.2, 0.25) is 0 Å². The summed E-state index contributed by atoms with van der Waals surface area (Å²) in [5.41, 5.74) is 1.03. The van der Waals surface area contributed by atoms with Crippen LogP contribution in [0.3, 0.4) is 0 Å². The zero-order valence-electron chi connectivity index (χ0n) is 13.0. The van der Waals surface area contributed by atoms with Crippen molar-refractivity contribution in [2.45, 2.75) is 24.2 Å². The third-order valence-electron chi connectivity index (χ3n) is 3.53. The molecule has 0 spiro atoms. The molecule has 0 radical (unpaired) electrons. The van der Waals surface area contributed by atoms with Gasteiger partial charge >= 0.3 is 0 Å². The zero-order valence-corrected chi connectivity index (χ0v) is 15.4. The largest absolute Gasteiger partial charge is 0.396 e. The van der Waals surface area contributed by atoms with E-state index in [1.165, 1.54) is 18.2 Å². The Morgan fingerprint density at radius 2 is 1.75 bits per heavy atom. The highest BCUT2D eigenvalue weighted by molar-refractivity contribution is 9.10. The number of hydrogen-bond donors (Lipinski definition) is 2. The van der Waals surface area contributed by atoms with E-state index in [-0.39, 0.29) is 17.3 Å². The van der Waals surface area contributed by atoms with Gasteiger partial charge in [-0.25, -0.2) is 17.5 Å². The van der Waals surface area contributed by atoms with Crippen LogP contribution in [-0.4, -0.2) is 26.7 Å². The van der Waals surface area contributed by atoms with Crippen LogP contribution in [0.1, 0.15) is 19.3 Å². The average molecular weight is 416 g/mol. The summed E-state index contributed by atoms with van der Waals surface area (Å²) in [4.78, 5) is 0.144. The van der Waals surface area contributed by atoms with Gasteiger partial charge in [0.1, 0.15) is 5.82 Å². The summed E-state index contributed by atoms with van der Waals surface area (Å²) < 4.78 is 41.5. The van der Waals surface area contributed by atoms with Crippen molar-refractivity contribution in [1.82, 2.24) is 4.72 Å². The highest BCUT2D eigenvalue weighted by Crippen LogP contribution is 2.26. The van der Waals surface area contributed by atoms with Crippen LogP contribution in [0.15, 0.2) is 51.8 Å². The lowest BCUT2D eigenvalue weighted by molar-refractivity contribution is 0.283. The lowest BCUT2D eigenvalue weighted by Crippen LogP contribution is -2.24. The molecule has 130 valence electrons. The molecule has 0 atom stereocenters. The summed E-state index contributed by atoms with van der Waals surface area (Å²) in [7, 11) is -3.58. The maximum absolute atomic E-state index is 14.0. The van der Waals surface area contributed by atoms with Gasteiger partial charge in [-0.2, -0.15) is 0 Å². The molecule has 2 aromatic rings. The summed E-state index contributed by atoms with van der Waals surface area (Å²) in [6.45, 7) is 0.437. The van der Waals surface area contributed by atoms with Gasteiger partial charge in [0.15, 0.2) is 0 Å². The van der Waals surface area contributed by atoms with Gasteiger partial charge < -0.3 is 5.11 Å². The molecule has 0 saturated carbocycles. The zero-order chi connectivity index (χ0) is 17.6. The van der Waals surface area contributed by atoms with Gasteiger partial charge in [-0.15, -0.1) is 0 Å². The van der Waals surface area contributed by atoms with E-state index in [0.717, 1.165) is 6.42 Å². The number of benzene rings is 2. The SMILES string of the molecule is O=S(=O)(NCCCCCO)c1ccc(-c2ccc(Br)cc2F)cc1. The quantitative estimate of drug-likeness (QED) is 0.645. The van der Waals surface area contributed by atoms with Gasteiger partial charge in [-0.1, -0.05) is 34.1 Å². The molecule has 0 amide bonds. The number of aliphatic hydroxyl groups excluding tert-OH is 1. The third kappa shape index (κ3) is 5.11. The number of hydrogen-bond acceptors (Lipinski definition) is 3. The predicted molar refractivity (Wildman–Crippen MR) is 95.7 cm³/mol. The molecule has 7 heteroatoms. The Bertz CT molecular complexity index is 779. The van der Waals surface area contributed by atoms with Gasteiger partial charge in [0, 0.05) is 23.2 Å². The minimum absolute atomic E-state index is 0.112. The molecular formula is C17H19BrFNO3S. The molecule has 4 nitrogen and oxygen atoms in total. The van der Waals surface area contributed by atoms with Crippen molar-refractivity contribution in [1.29, 1.82) is 0 Å². The maximum Gasteiger partial charge on any atom is 0.240 e. The van der Waals surface area contributed by atoms with E-state index in [2.05, 4.69) is 20.7 Å². The minimum Gasteiger partial charge on any atom is -0.396 e. The number of halogens is 2. The molecule has 0 unspecified atom stereocenters. The van der Waals surface area contributed by atoms with Crippen molar-refractivity contribution in [3.05, 3.63) is 52.8 Å². The predicted octanol–water partition coefficient (Wildman–Crippen LogP) is 3.70. The van der Waals surface area contributed by atoms with Gasteiger partial charge in [0.05, 0.1) is 4.90 Å². The van der Waals surface area contributed by atoms with Crippen molar-refractivity contribution in [2.75, 3.05) is 13.2 Å². The first-order valence-electron chi connectivity index (χ1n) is 7.60. The first-order chi connectivity index (χ1) is 11.4. The molecular weight excluding hydrogens is 397 g/mol. The van der Waals surface area contributed by atoms with E-state index in [9.17, 15) is 12.8 Å². The van der Waals surface area contributed by atoms with E-state index in [4.69, 9.17) is 5.11 Å². The fourth-order valence-electron chi connectivity index (χ4n) is 2.24.